The number of amides is 3. The van der Waals surface area contributed by atoms with Gasteiger partial charge in [0.1, 0.15) is 17.6 Å². The SMILES string of the molecule is CCc1ccccc1N(C(=O)CCCC(=O)Nc1ccccn1)[C@@H](C(=O)NC1CCCCC1)c1ccc(O)cc1. The Bertz CT molecular complexity index is 1270. The van der Waals surface area contributed by atoms with Crippen LogP contribution in [-0.2, 0) is 20.8 Å². The Morgan fingerprint density at radius 2 is 1.68 bits per heavy atom. The van der Waals surface area contributed by atoms with Crippen molar-refractivity contribution in [3.63, 3.8) is 0 Å². The lowest BCUT2D eigenvalue weighted by Crippen LogP contribution is -2.47. The largest absolute Gasteiger partial charge is 0.508 e. The number of phenols is 1. The summed E-state index contributed by atoms with van der Waals surface area (Å²) < 4.78 is 0. The van der Waals surface area contributed by atoms with Crippen LogP contribution in [0, 0.1) is 0 Å². The van der Waals surface area contributed by atoms with Crippen LogP contribution in [-0.4, -0.2) is 33.9 Å². The Morgan fingerprint density at radius 3 is 2.38 bits per heavy atom. The zero-order valence-electron chi connectivity index (χ0n) is 23.0. The van der Waals surface area contributed by atoms with Crippen LogP contribution >= 0.6 is 0 Å². The first-order chi connectivity index (χ1) is 19.5. The number of para-hydroxylation sites is 1. The summed E-state index contributed by atoms with van der Waals surface area (Å²) in [6, 6.07) is 18.5. The Kier molecular flexibility index (Phi) is 10.3. The van der Waals surface area contributed by atoms with E-state index in [0.717, 1.165) is 37.7 Å². The molecule has 3 amide bonds. The molecule has 0 spiro atoms. The topological polar surface area (TPSA) is 112 Å². The summed E-state index contributed by atoms with van der Waals surface area (Å²) in [5, 5.41) is 15.9. The highest BCUT2D eigenvalue weighted by Gasteiger charge is 2.34. The molecule has 1 saturated carbocycles. The number of aryl methyl sites for hydroxylation is 1. The van der Waals surface area contributed by atoms with Gasteiger partial charge in [-0.2, -0.15) is 0 Å². The third kappa shape index (κ3) is 7.68. The lowest BCUT2D eigenvalue weighted by molar-refractivity contribution is -0.127. The van der Waals surface area contributed by atoms with Crippen LogP contribution in [0.2, 0.25) is 0 Å². The standard InChI is InChI=1S/C32H38N4O4/c1-2-23-11-6-7-14-27(23)36(30(39)17-10-16-29(38)35-28-15-8-9-22-33-28)31(24-18-20-26(37)21-19-24)32(40)34-25-12-4-3-5-13-25/h6-9,11,14-15,18-22,25,31,37H,2-5,10,12-13,16-17H2,1H3,(H,34,40)(H,33,35,38)/t31-/m1/s1. The Morgan fingerprint density at radius 1 is 0.950 bits per heavy atom. The molecule has 210 valence electrons. The molecule has 0 radical (unpaired) electrons. The first-order valence-electron chi connectivity index (χ1n) is 14.2. The van der Waals surface area contributed by atoms with E-state index in [-0.39, 0.29) is 42.4 Å². The lowest BCUT2D eigenvalue weighted by atomic mass is 9.94. The van der Waals surface area contributed by atoms with E-state index in [4.69, 9.17) is 0 Å². The second-order valence-electron chi connectivity index (χ2n) is 10.2. The summed E-state index contributed by atoms with van der Waals surface area (Å²) in [6.45, 7) is 2.01. The molecule has 0 aliphatic heterocycles. The minimum Gasteiger partial charge on any atom is -0.508 e. The highest BCUT2D eigenvalue weighted by atomic mass is 16.3. The number of anilines is 2. The second kappa shape index (κ2) is 14.3. The molecule has 3 N–H and O–H groups in total. The van der Waals surface area contributed by atoms with Crippen LogP contribution in [0.25, 0.3) is 0 Å². The summed E-state index contributed by atoms with van der Waals surface area (Å²) >= 11 is 0. The summed E-state index contributed by atoms with van der Waals surface area (Å²) in [5.74, 6) is -0.171. The summed E-state index contributed by atoms with van der Waals surface area (Å²) in [7, 11) is 0. The Labute approximate surface area is 235 Å². The van der Waals surface area contributed by atoms with Crippen molar-refractivity contribution in [1.29, 1.82) is 0 Å². The average molecular weight is 543 g/mol. The van der Waals surface area contributed by atoms with Crippen LogP contribution in [0.4, 0.5) is 11.5 Å². The van der Waals surface area contributed by atoms with Gasteiger partial charge in [-0.25, -0.2) is 4.98 Å². The maximum Gasteiger partial charge on any atom is 0.248 e. The van der Waals surface area contributed by atoms with Crippen molar-refractivity contribution in [2.45, 2.75) is 76.8 Å². The number of benzene rings is 2. The van der Waals surface area contributed by atoms with Gasteiger partial charge in [-0.1, -0.05) is 62.6 Å². The average Bonchev–Trinajstić information content (AvgIpc) is 2.97. The summed E-state index contributed by atoms with van der Waals surface area (Å²) in [5.41, 5.74) is 2.22. The summed E-state index contributed by atoms with van der Waals surface area (Å²) in [4.78, 5) is 46.1. The molecule has 2 aromatic carbocycles. The molecule has 1 atom stereocenters. The fourth-order valence-electron chi connectivity index (χ4n) is 5.23. The van der Waals surface area contributed by atoms with Crippen LogP contribution in [0.15, 0.2) is 72.9 Å². The monoisotopic (exact) mass is 542 g/mol. The van der Waals surface area contributed by atoms with Crippen molar-refractivity contribution in [1.82, 2.24) is 10.3 Å². The number of nitrogens with zero attached hydrogens (tertiary/aromatic N) is 2. The van der Waals surface area contributed by atoms with Gasteiger partial charge in [0.25, 0.3) is 0 Å². The molecule has 0 bridgehead atoms. The highest BCUT2D eigenvalue weighted by molar-refractivity contribution is 6.02. The van der Waals surface area contributed by atoms with Crippen molar-refractivity contribution < 1.29 is 19.5 Å². The molecule has 1 aliphatic rings. The smallest absolute Gasteiger partial charge is 0.248 e. The van der Waals surface area contributed by atoms with E-state index >= 15 is 0 Å². The molecule has 1 heterocycles. The highest BCUT2D eigenvalue weighted by Crippen LogP contribution is 2.33. The van der Waals surface area contributed by atoms with Crippen LogP contribution < -0.4 is 15.5 Å². The lowest BCUT2D eigenvalue weighted by Gasteiger charge is -2.34. The minimum absolute atomic E-state index is 0.0644. The number of nitrogens with one attached hydrogen (secondary N) is 2. The Balaban J connectivity index is 1.60. The Hall–Kier alpha value is -4.20. The fraction of sp³-hybridized carbons (Fsp3) is 0.375. The third-order valence-electron chi connectivity index (χ3n) is 7.29. The van der Waals surface area contributed by atoms with Gasteiger partial charge in [0.15, 0.2) is 0 Å². The van der Waals surface area contributed by atoms with Crippen molar-refractivity contribution in [3.05, 3.63) is 84.1 Å². The molecule has 8 nitrogen and oxygen atoms in total. The van der Waals surface area contributed by atoms with Gasteiger partial charge in [0.2, 0.25) is 17.7 Å². The molecule has 1 fully saturated rings. The second-order valence-corrected chi connectivity index (χ2v) is 10.2. The van der Waals surface area contributed by atoms with Gasteiger partial charge in [0.05, 0.1) is 0 Å². The summed E-state index contributed by atoms with van der Waals surface area (Å²) in [6.07, 6.45) is 7.95. The predicted molar refractivity (Wildman–Crippen MR) is 156 cm³/mol. The molecular weight excluding hydrogens is 504 g/mol. The molecule has 1 aromatic heterocycles. The number of carbonyl (C=O) groups excluding carboxylic acids is 3. The van der Waals surface area contributed by atoms with E-state index in [1.165, 1.54) is 12.1 Å². The number of hydrogen-bond acceptors (Lipinski definition) is 5. The maximum absolute atomic E-state index is 14.0. The zero-order valence-corrected chi connectivity index (χ0v) is 23.0. The minimum atomic E-state index is -0.926. The number of carbonyl (C=O) groups is 3. The fourth-order valence-corrected chi connectivity index (χ4v) is 5.23. The first kappa shape index (κ1) is 28.8. The van der Waals surface area contributed by atoms with Gasteiger partial charge in [-0.05, 0) is 67.1 Å². The molecular formula is C32H38N4O4. The van der Waals surface area contributed by atoms with Crippen molar-refractivity contribution >= 4 is 29.2 Å². The van der Waals surface area contributed by atoms with Gasteiger partial charge < -0.3 is 15.7 Å². The first-order valence-corrected chi connectivity index (χ1v) is 14.2. The molecule has 3 aromatic rings. The van der Waals surface area contributed by atoms with Crippen molar-refractivity contribution in [2.75, 3.05) is 10.2 Å². The predicted octanol–water partition coefficient (Wildman–Crippen LogP) is 5.68. The molecule has 8 heteroatoms. The number of aromatic hydroxyl groups is 1. The van der Waals surface area contributed by atoms with E-state index in [1.807, 2.05) is 31.2 Å². The van der Waals surface area contributed by atoms with Gasteiger partial charge in [-0.15, -0.1) is 0 Å². The number of aromatic nitrogens is 1. The molecule has 0 unspecified atom stereocenters. The van der Waals surface area contributed by atoms with E-state index in [2.05, 4.69) is 15.6 Å². The quantitative estimate of drug-likeness (QED) is 0.289. The van der Waals surface area contributed by atoms with Crippen LogP contribution in [0.1, 0.15) is 75.5 Å². The normalized spacial score (nSPS) is 14.2. The van der Waals surface area contributed by atoms with Gasteiger partial charge >= 0.3 is 0 Å². The third-order valence-corrected chi connectivity index (χ3v) is 7.29. The molecule has 4 rings (SSSR count). The van der Waals surface area contributed by atoms with Crippen molar-refractivity contribution in [3.8, 4) is 5.75 Å². The van der Waals surface area contributed by atoms with Crippen molar-refractivity contribution in [2.24, 2.45) is 0 Å². The van der Waals surface area contributed by atoms with Gasteiger partial charge in [-0.3, -0.25) is 19.3 Å². The number of pyridine rings is 1. The van der Waals surface area contributed by atoms with Gasteiger partial charge in [0, 0.05) is 30.8 Å². The van der Waals surface area contributed by atoms with E-state index in [9.17, 15) is 19.5 Å². The molecule has 40 heavy (non-hydrogen) atoms. The molecule has 0 saturated heterocycles. The zero-order chi connectivity index (χ0) is 28.3. The molecule has 1 aliphatic carbocycles. The number of hydrogen-bond donors (Lipinski definition) is 3. The van der Waals surface area contributed by atoms with E-state index in [1.54, 1.807) is 41.4 Å². The number of rotatable bonds is 11. The number of phenolic OH excluding ortho intramolecular Hbond substituents is 1. The van der Waals surface area contributed by atoms with E-state index < -0.39 is 6.04 Å². The van der Waals surface area contributed by atoms with Crippen LogP contribution in [0.5, 0.6) is 5.75 Å². The van der Waals surface area contributed by atoms with Crippen LogP contribution in [0.3, 0.4) is 0 Å². The van der Waals surface area contributed by atoms with E-state index in [0.29, 0.717) is 29.9 Å². The maximum atomic E-state index is 14.0.